The number of benzene rings is 2. The summed E-state index contributed by atoms with van der Waals surface area (Å²) in [6.45, 7) is 0.677. The number of nitrogens with zero attached hydrogens (tertiary/aromatic N) is 3. The monoisotopic (exact) mass is 419 g/mol. The summed E-state index contributed by atoms with van der Waals surface area (Å²) in [7, 11) is 0. The summed E-state index contributed by atoms with van der Waals surface area (Å²) in [6.07, 6.45) is 1.76. The Morgan fingerprint density at radius 3 is 2.70 bits per heavy atom. The third-order valence-corrected chi connectivity index (χ3v) is 5.31. The first-order valence-corrected chi connectivity index (χ1v) is 10.3. The van der Waals surface area contributed by atoms with Gasteiger partial charge in [0, 0.05) is 17.5 Å². The molecule has 0 saturated carbocycles. The Balaban J connectivity index is 1.17. The number of hydrogen-bond acceptors (Lipinski definition) is 8. The second kappa shape index (κ2) is 8.46. The Bertz CT molecular complexity index is 1130. The van der Waals surface area contributed by atoms with Gasteiger partial charge >= 0.3 is 0 Å². The zero-order valence-electron chi connectivity index (χ0n) is 15.9. The topological polar surface area (TPSA) is 79.5 Å². The van der Waals surface area contributed by atoms with Gasteiger partial charge in [-0.2, -0.15) is 0 Å². The lowest BCUT2D eigenvalue weighted by molar-refractivity contribution is 0.174. The number of fused-ring (bicyclic) bond motifs is 1. The third kappa shape index (κ3) is 4.23. The molecule has 0 radical (unpaired) electrons. The first-order valence-electron chi connectivity index (χ1n) is 9.31. The normalized spacial score (nSPS) is 12.1. The highest BCUT2D eigenvalue weighted by Crippen LogP contribution is 2.36. The Hall–Kier alpha value is -3.52. The predicted octanol–water partition coefficient (Wildman–Crippen LogP) is 4.73. The van der Waals surface area contributed by atoms with Gasteiger partial charge in [-0.3, -0.25) is 4.98 Å². The first-order chi connectivity index (χ1) is 14.8. The highest BCUT2D eigenvalue weighted by molar-refractivity contribution is 7.98. The van der Waals surface area contributed by atoms with Crippen LogP contribution in [0.5, 0.6) is 17.2 Å². The summed E-state index contributed by atoms with van der Waals surface area (Å²) >= 11 is 1.48. The molecule has 0 saturated heterocycles. The van der Waals surface area contributed by atoms with E-state index in [0.29, 0.717) is 29.2 Å². The van der Waals surface area contributed by atoms with Crippen LogP contribution in [0.25, 0.3) is 11.5 Å². The highest BCUT2D eigenvalue weighted by atomic mass is 32.2. The summed E-state index contributed by atoms with van der Waals surface area (Å²) < 4.78 is 22.3. The predicted molar refractivity (Wildman–Crippen MR) is 110 cm³/mol. The van der Waals surface area contributed by atoms with Gasteiger partial charge in [0.05, 0.1) is 5.69 Å². The van der Waals surface area contributed by atoms with Crippen molar-refractivity contribution < 1.29 is 18.6 Å². The van der Waals surface area contributed by atoms with Crippen molar-refractivity contribution in [1.82, 2.24) is 15.2 Å². The molecule has 4 aromatic rings. The van der Waals surface area contributed by atoms with Crippen molar-refractivity contribution in [3.05, 3.63) is 78.1 Å². The molecule has 0 unspecified atom stereocenters. The highest BCUT2D eigenvalue weighted by Gasteiger charge is 2.16. The number of rotatable bonds is 7. The molecule has 2 aromatic carbocycles. The van der Waals surface area contributed by atoms with Crippen molar-refractivity contribution in [3.8, 4) is 28.7 Å². The fraction of sp³-hybridized carbons (Fsp3) is 0.136. The average molecular weight is 419 g/mol. The van der Waals surface area contributed by atoms with E-state index in [2.05, 4.69) is 15.2 Å². The van der Waals surface area contributed by atoms with E-state index in [4.69, 9.17) is 18.6 Å². The van der Waals surface area contributed by atoms with E-state index < -0.39 is 0 Å². The van der Waals surface area contributed by atoms with Crippen LogP contribution in [-0.2, 0) is 12.4 Å². The van der Waals surface area contributed by atoms with Crippen molar-refractivity contribution >= 4 is 11.8 Å². The van der Waals surface area contributed by atoms with E-state index in [9.17, 15) is 0 Å². The van der Waals surface area contributed by atoms with Crippen molar-refractivity contribution in [1.29, 1.82) is 0 Å². The van der Waals surface area contributed by atoms with Crippen LogP contribution >= 0.6 is 11.8 Å². The second-order valence-corrected chi connectivity index (χ2v) is 7.41. The van der Waals surface area contributed by atoms with Gasteiger partial charge in [-0.25, -0.2) is 0 Å². The minimum atomic E-state index is 0.233. The van der Waals surface area contributed by atoms with E-state index in [1.54, 1.807) is 6.20 Å². The molecule has 0 bridgehead atoms. The van der Waals surface area contributed by atoms with Crippen LogP contribution in [0.1, 0.15) is 11.3 Å². The van der Waals surface area contributed by atoms with Crippen molar-refractivity contribution in [3.63, 3.8) is 0 Å². The molecule has 8 heteroatoms. The van der Waals surface area contributed by atoms with Gasteiger partial charge in [0.1, 0.15) is 12.4 Å². The van der Waals surface area contributed by atoms with Crippen molar-refractivity contribution in [2.75, 3.05) is 6.79 Å². The van der Waals surface area contributed by atoms with Gasteiger partial charge in [-0.05, 0) is 48.0 Å². The van der Waals surface area contributed by atoms with Crippen LogP contribution < -0.4 is 14.2 Å². The van der Waals surface area contributed by atoms with Gasteiger partial charge in [-0.15, -0.1) is 10.2 Å². The average Bonchev–Trinajstić information content (AvgIpc) is 3.46. The van der Waals surface area contributed by atoms with Crippen molar-refractivity contribution in [2.24, 2.45) is 0 Å². The van der Waals surface area contributed by atoms with Gasteiger partial charge in [-0.1, -0.05) is 30.0 Å². The zero-order valence-corrected chi connectivity index (χ0v) is 16.7. The Kier molecular flexibility index (Phi) is 5.22. The molecular weight excluding hydrogens is 402 g/mol. The quantitative estimate of drug-likeness (QED) is 0.398. The number of aromatic nitrogens is 3. The molecule has 0 spiro atoms. The minimum absolute atomic E-state index is 0.233. The number of ether oxygens (including phenoxy) is 3. The van der Waals surface area contributed by atoms with E-state index in [0.717, 1.165) is 28.3 Å². The van der Waals surface area contributed by atoms with E-state index in [-0.39, 0.29) is 6.79 Å². The summed E-state index contributed by atoms with van der Waals surface area (Å²) in [5.41, 5.74) is 2.83. The lowest BCUT2D eigenvalue weighted by Crippen LogP contribution is -1.97. The molecular formula is C22H17N3O4S. The SMILES string of the molecule is c1ccc(COc2ccc(CSc3nnc(-c4ccc5c(c4)OCO5)o3)cc2)nc1. The standard InChI is InChI=1S/C22H17N3O4S/c1-2-10-23-17(3-1)12-26-18-7-4-15(5-8-18)13-30-22-25-24-21(29-22)16-6-9-19-20(11-16)28-14-27-19/h1-11H,12-14H2. The van der Waals surface area contributed by atoms with Crippen molar-refractivity contribution in [2.45, 2.75) is 17.6 Å². The number of thioether (sulfide) groups is 1. The minimum Gasteiger partial charge on any atom is -0.487 e. The zero-order chi connectivity index (χ0) is 20.2. The van der Waals surface area contributed by atoms with Crippen LogP contribution in [0.15, 0.2) is 76.5 Å². The summed E-state index contributed by atoms with van der Waals surface area (Å²) in [5.74, 6) is 3.38. The van der Waals surface area contributed by atoms with E-state index in [1.807, 2.05) is 60.7 Å². The molecule has 0 amide bonds. The van der Waals surface area contributed by atoms with Gasteiger partial charge in [0.25, 0.3) is 5.22 Å². The van der Waals surface area contributed by atoms with Crippen LogP contribution in [-0.4, -0.2) is 22.0 Å². The smallest absolute Gasteiger partial charge is 0.277 e. The molecule has 7 nitrogen and oxygen atoms in total. The molecule has 0 fully saturated rings. The summed E-state index contributed by atoms with van der Waals surface area (Å²) in [5, 5.41) is 8.77. The fourth-order valence-electron chi connectivity index (χ4n) is 2.88. The van der Waals surface area contributed by atoms with E-state index in [1.165, 1.54) is 11.8 Å². The number of pyridine rings is 1. The van der Waals surface area contributed by atoms with E-state index >= 15 is 0 Å². The lowest BCUT2D eigenvalue weighted by atomic mass is 10.2. The molecule has 150 valence electrons. The number of hydrogen-bond donors (Lipinski definition) is 0. The molecule has 1 aliphatic heterocycles. The first kappa shape index (κ1) is 18.5. The van der Waals surface area contributed by atoms with Crippen LogP contribution in [0.4, 0.5) is 0 Å². The molecule has 30 heavy (non-hydrogen) atoms. The van der Waals surface area contributed by atoms with Gasteiger partial charge < -0.3 is 18.6 Å². The maximum absolute atomic E-state index is 5.78. The second-order valence-electron chi connectivity index (χ2n) is 6.48. The Morgan fingerprint density at radius 1 is 0.933 bits per heavy atom. The molecule has 0 atom stereocenters. The Morgan fingerprint density at radius 2 is 1.83 bits per heavy atom. The molecule has 2 aromatic heterocycles. The Labute approximate surface area is 177 Å². The largest absolute Gasteiger partial charge is 0.487 e. The van der Waals surface area contributed by atoms with Crippen LogP contribution in [0.3, 0.4) is 0 Å². The molecule has 0 aliphatic carbocycles. The fourth-order valence-corrected chi connectivity index (χ4v) is 3.60. The molecule has 3 heterocycles. The molecule has 5 rings (SSSR count). The lowest BCUT2D eigenvalue weighted by Gasteiger charge is -2.06. The molecule has 0 N–H and O–H groups in total. The maximum Gasteiger partial charge on any atom is 0.277 e. The third-order valence-electron chi connectivity index (χ3n) is 4.42. The van der Waals surface area contributed by atoms with Crippen LogP contribution in [0.2, 0.25) is 0 Å². The summed E-state index contributed by atoms with van der Waals surface area (Å²) in [4.78, 5) is 4.25. The van der Waals surface area contributed by atoms with Gasteiger partial charge in [0.2, 0.25) is 12.7 Å². The molecule has 1 aliphatic rings. The maximum atomic E-state index is 5.78. The van der Waals surface area contributed by atoms with Gasteiger partial charge in [0.15, 0.2) is 11.5 Å². The summed E-state index contributed by atoms with van der Waals surface area (Å²) in [6, 6.07) is 19.3. The van der Waals surface area contributed by atoms with Crippen LogP contribution in [0, 0.1) is 0 Å².